The van der Waals surface area contributed by atoms with E-state index in [2.05, 4.69) is 5.32 Å². The largest absolute Gasteiger partial charge is 0.481 e. The van der Waals surface area contributed by atoms with Crippen LogP contribution in [0, 0.1) is 5.41 Å². The van der Waals surface area contributed by atoms with Crippen molar-refractivity contribution in [2.45, 2.75) is 59.4 Å². The normalized spacial score (nSPS) is 13.2. The molecule has 0 rings (SSSR count). The van der Waals surface area contributed by atoms with Crippen LogP contribution in [0.25, 0.3) is 0 Å². The van der Waals surface area contributed by atoms with E-state index in [4.69, 9.17) is 5.11 Å². The summed E-state index contributed by atoms with van der Waals surface area (Å²) in [6.07, 6.45) is 1.91. The van der Waals surface area contributed by atoms with E-state index in [9.17, 15) is 9.59 Å². The molecular formula is C12H23NO3. The van der Waals surface area contributed by atoms with E-state index in [1.54, 1.807) is 0 Å². The van der Waals surface area contributed by atoms with Crippen molar-refractivity contribution in [3.05, 3.63) is 0 Å². The number of nitrogens with one attached hydrogen (secondary N) is 1. The van der Waals surface area contributed by atoms with Crippen molar-refractivity contribution < 1.29 is 14.7 Å². The lowest BCUT2D eigenvalue weighted by Gasteiger charge is -2.25. The molecule has 4 nitrogen and oxygen atoms in total. The van der Waals surface area contributed by atoms with Crippen molar-refractivity contribution in [2.75, 3.05) is 0 Å². The summed E-state index contributed by atoms with van der Waals surface area (Å²) in [7, 11) is 0. The van der Waals surface area contributed by atoms with Crippen molar-refractivity contribution in [3.63, 3.8) is 0 Å². The molecule has 1 atom stereocenters. The van der Waals surface area contributed by atoms with E-state index in [1.165, 1.54) is 0 Å². The summed E-state index contributed by atoms with van der Waals surface area (Å²) in [4.78, 5) is 22.1. The molecule has 0 aliphatic carbocycles. The molecule has 0 aromatic rings. The number of hydrogen-bond donors (Lipinski definition) is 2. The predicted octanol–water partition coefficient (Wildman–Crippen LogP) is 2.18. The Balaban J connectivity index is 4.31. The highest BCUT2D eigenvalue weighted by Gasteiger charge is 2.22. The van der Waals surface area contributed by atoms with Crippen LogP contribution in [-0.2, 0) is 9.59 Å². The molecule has 0 radical (unpaired) electrons. The Kier molecular flexibility index (Phi) is 6.08. The van der Waals surface area contributed by atoms with E-state index in [-0.39, 0.29) is 23.8 Å². The topological polar surface area (TPSA) is 66.4 Å². The fraction of sp³-hybridized carbons (Fsp3) is 0.833. The van der Waals surface area contributed by atoms with Crippen LogP contribution in [-0.4, -0.2) is 23.0 Å². The summed E-state index contributed by atoms with van der Waals surface area (Å²) in [6, 6.07) is -0.267. The van der Waals surface area contributed by atoms with Crippen molar-refractivity contribution in [1.29, 1.82) is 0 Å². The number of carboxylic acids is 1. The molecule has 2 N–H and O–H groups in total. The van der Waals surface area contributed by atoms with Crippen LogP contribution in [0.3, 0.4) is 0 Å². The number of amides is 1. The lowest BCUT2D eigenvalue weighted by molar-refractivity contribution is -0.137. The molecule has 0 spiro atoms. The predicted molar refractivity (Wildman–Crippen MR) is 63.2 cm³/mol. The number of hydrogen-bond acceptors (Lipinski definition) is 2. The molecule has 0 fully saturated rings. The zero-order valence-electron chi connectivity index (χ0n) is 10.7. The van der Waals surface area contributed by atoms with Gasteiger partial charge < -0.3 is 10.4 Å². The second-order valence-electron chi connectivity index (χ2n) is 5.38. The maximum absolute atomic E-state index is 11.4. The summed E-state index contributed by atoms with van der Waals surface area (Å²) in [5.41, 5.74) is 0.0135. The lowest BCUT2D eigenvalue weighted by Crippen LogP contribution is -2.38. The molecule has 0 saturated carbocycles. The first-order chi connectivity index (χ1) is 7.24. The minimum atomic E-state index is -0.869. The van der Waals surface area contributed by atoms with Gasteiger partial charge in [-0.3, -0.25) is 9.59 Å². The van der Waals surface area contributed by atoms with Gasteiger partial charge in [-0.1, -0.05) is 27.7 Å². The quantitative estimate of drug-likeness (QED) is 0.733. The first-order valence-corrected chi connectivity index (χ1v) is 5.75. The highest BCUT2D eigenvalue weighted by Crippen LogP contribution is 2.22. The second kappa shape index (κ2) is 6.51. The fourth-order valence-corrected chi connectivity index (χ4v) is 1.65. The van der Waals surface area contributed by atoms with Gasteiger partial charge in [0, 0.05) is 12.5 Å². The highest BCUT2D eigenvalue weighted by molar-refractivity contribution is 5.77. The fourth-order valence-electron chi connectivity index (χ4n) is 1.65. The zero-order chi connectivity index (χ0) is 12.8. The summed E-state index contributed by atoms with van der Waals surface area (Å²) < 4.78 is 0. The minimum Gasteiger partial charge on any atom is -0.481 e. The molecule has 0 bridgehead atoms. The highest BCUT2D eigenvalue weighted by atomic mass is 16.4. The van der Waals surface area contributed by atoms with Gasteiger partial charge in [0.1, 0.15) is 0 Å². The third kappa shape index (κ3) is 8.26. The van der Waals surface area contributed by atoms with Crippen LogP contribution in [0.15, 0.2) is 0 Å². The Hall–Kier alpha value is -1.06. The Morgan fingerprint density at radius 1 is 1.31 bits per heavy atom. The Labute approximate surface area is 97.4 Å². The van der Waals surface area contributed by atoms with Crippen molar-refractivity contribution in [1.82, 2.24) is 5.32 Å². The van der Waals surface area contributed by atoms with E-state index in [1.807, 2.05) is 27.7 Å². The standard InChI is InChI=1S/C12H23NO3/c1-5-6-10(14)13-9(7-11(15)16)8-12(2,3)4/h9H,5-8H2,1-4H3,(H,13,14)(H,15,16). The van der Waals surface area contributed by atoms with E-state index in [0.717, 1.165) is 6.42 Å². The third-order valence-corrected chi connectivity index (χ3v) is 2.12. The Bertz CT molecular complexity index is 243. The van der Waals surface area contributed by atoms with Gasteiger partial charge in [-0.15, -0.1) is 0 Å². The number of carboxylic acid groups (broad SMARTS) is 1. The molecule has 0 aliphatic rings. The Morgan fingerprint density at radius 3 is 2.25 bits per heavy atom. The average Bonchev–Trinajstić information content (AvgIpc) is 1.98. The maximum atomic E-state index is 11.4. The number of carbonyl (C=O) groups is 2. The van der Waals surface area contributed by atoms with Crippen LogP contribution in [0.5, 0.6) is 0 Å². The molecule has 0 aliphatic heterocycles. The second-order valence-corrected chi connectivity index (χ2v) is 5.38. The molecule has 16 heavy (non-hydrogen) atoms. The van der Waals surface area contributed by atoms with Gasteiger partial charge >= 0.3 is 5.97 Å². The minimum absolute atomic E-state index is 0.00722. The maximum Gasteiger partial charge on any atom is 0.305 e. The summed E-state index contributed by atoms with van der Waals surface area (Å²) >= 11 is 0. The molecule has 1 amide bonds. The summed E-state index contributed by atoms with van der Waals surface area (Å²) in [6.45, 7) is 8.03. The van der Waals surface area contributed by atoms with Crippen molar-refractivity contribution in [2.24, 2.45) is 5.41 Å². The van der Waals surface area contributed by atoms with Crippen LogP contribution < -0.4 is 5.32 Å². The van der Waals surface area contributed by atoms with Gasteiger partial charge in [-0.2, -0.15) is 0 Å². The van der Waals surface area contributed by atoms with Crippen molar-refractivity contribution >= 4 is 11.9 Å². The molecule has 94 valence electrons. The molecule has 1 unspecified atom stereocenters. The van der Waals surface area contributed by atoms with Crippen molar-refractivity contribution in [3.8, 4) is 0 Å². The van der Waals surface area contributed by atoms with Gasteiger partial charge in [-0.05, 0) is 18.3 Å². The van der Waals surface area contributed by atoms with Crippen LogP contribution in [0.2, 0.25) is 0 Å². The van der Waals surface area contributed by atoms with E-state index >= 15 is 0 Å². The molecule has 4 heteroatoms. The van der Waals surface area contributed by atoms with Crippen LogP contribution in [0.4, 0.5) is 0 Å². The van der Waals surface area contributed by atoms with Gasteiger partial charge in [-0.25, -0.2) is 0 Å². The van der Waals surface area contributed by atoms with Crippen LogP contribution in [0.1, 0.15) is 53.4 Å². The molecule has 0 saturated heterocycles. The van der Waals surface area contributed by atoms with Gasteiger partial charge in [0.15, 0.2) is 0 Å². The van der Waals surface area contributed by atoms with Gasteiger partial charge in [0.2, 0.25) is 5.91 Å². The Morgan fingerprint density at radius 2 is 1.88 bits per heavy atom. The third-order valence-electron chi connectivity index (χ3n) is 2.12. The molecular weight excluding hydrogens is 206 g/mol. The number of aliphatic carboxylic acids is 1. The summed E-state index contributed by atoms with van der Waals surface area (Å²) in [5, 5.41) is 11.6. The van der Waals surface area contributed by atoms with E-state index in [0.29, 0.717) is 12.8 Å². The molecule has 0 heterocycles. The monoisotopic (exact) mass is 229 g/mol. The molecule has 0 aromatic heterocycles. The average molecular weight is 229 g/mol. The zero-order valence-corrected chi connectivity index (χ0v) is 10.7. The SMILES string of the molecule is CCCC(=O)NC(CC(=O)O)CC(C)(C)C. The first-order valence-electron chi connectivity index (χ1n) is 5.75. The lowest BCUT2D eigenvalue weighted by atomic mass is 9.87. The van der Waals surface area contributed by atoms with E-state index < -0.39 is 5.97 Å². The number of rotatable bonds is 6. The van der Waals surface area contributed by atoms with Crippen LogP contribution >= 0.6 is 0 Å². The van der Waals surface area contributed by atoms with Gasteiger partial charge in [0.05, 0.1) is 6.42 Å². The first kappa shape index (κ1) is 14.9. The number of carbonyl (C=O) groups excluding carboxylic acids is 1. The molecule has 0 aromatic carbocycles. The van der Waals surface area contributed by atoms with Gasteiger partial charge in [0.25, 0.3) is 0 Å². The smallest absolute Gasteiger partial charge is 0.305 e. The summed E-state index contributed by atoms with van der Waals surface area (Å²) in [5.74, 6) is -0.927.